The van der Waals surface area contributed by atoms with Crippen LogP contribution >= 0.6 is 11.6 Å². The number of furan rings is 1. The van der Waals surface area contributed by atoms with Crippen LogP contribution in [0.5, 0.6) is 0 Å². The number of anilines is 2. The highest BCUT2D eigenvalue weighted by Gasteiger charge is 2.16. The van der Waals surface area contributed by atoms with E-state index in [2.05, 4.69) is 0 Å². The zero-order valence-electron chi connectivity index (χ0n) is 11.7. The molecule has 0 aliphatic carbocycles. The summed E-state index contributed by atoms with van der Waals surface area (Å²) < 4.78 is 5.53. The van der Waals surface area contributed by atoms with Crippen molar-refractivity contribution in [2.45, 2.75) is 0 Å². The van der Waals surface area contributed by atoms with Crippen molar-refractivity contribution >= 4 is 40.2 Å². The van der Waals surface area contributed by atoms with Crippen molar-refractivity contribution in [3.8, 4) is 11.1 Å². The van der Waals surface area contributed by atoms with Gasteiger partial charge in [0.1, 0.15) is 0 Å². The Hall–Kier alpha value is -2.66. The van der Waals surface area contributed by atoms with Crippen LogP contribution in [0.1, 0.15) is 0 Å². The molecule has 0 atom stereocenters. The zero-order valence-corrected chi connectivity index (χ0v) is 12.5. The minimum atomic E-state index is -1.10. The molecule has 0 radical (unpaired) electrons. The first-order chi connectivity index (χ1) is 10.5. The van der Waals surface area contributed by atoms with E-state index in [1.165, 1.54) is 7.05 Å². The van der Waals surface area contributed by atoms with Crippen molar-refractivity contribution in [3.05, 3.63) is 47.5 Å². The fourth-order valence-electron chi connectivity index (χ4n) is 2.20. The minimum Gasteiger partial charge on any atom is -0.465 e. The van der Waals surface area contributed by atoms with Crippen molar-refractivity contribution in [2.24, 2.45) is 0 Å². The number of hydrogen-bond acceptors (Lipinski definition) is 3. The second-order valence-electron chi connectivity index (χ2n) is 4.92. The zero-order chi connectivity index (χ0) is 15.9. The molecule has 22 heavy (non-hydrogen) atoms. The third-order valence-corrected chi connectivity index (χ3v) is 3.70. The van der Waals surface area contributed by atoms with Gasteiger partial charge in [-0.2, -0.15) is 0 Å². The molecule has 3 N–H and O–H groups in total. The highest BCUT2D eigenvalue weighted by molar-refractivity contribution is 6.35. The Kier molecular flexibility index (Phi) is 3.42. The van der Waals surface area contributed by atoms with Crippen LogP contribution in [0.2, 0.25) is 5.02 Å². The summed E-state index contributed by atoms with van der Waals surface area (Å²) in [5, 5.41) is 10.2. The fourth-order valence-corrected chi connectivity index (χ4v) is 2.46. The number of fused-ring (bicyclic) bond motifs is 1. The van der Waals surface area contributed by atoms with Gasteiger partial charge in [-0.3, -0.25) is 4.90 Å². The van der Waals surface area contributed by atoms with Gasteiger partial charge in [-0.05, 0) is 35.4 Å². The summed E-state index contributed by atoms with van der Waals surface area (Å²) in [6.45, 7) is 0. The van der Waals surface area contributed by atoms with Crippen molar-refractivity contribution in [1.82, 2.24) is 0 Å². The molecule has 0 saturated carbocycles. The van der Waals surface area contributed by atoms with Crippen LogP contribution in [0.25, 0.3) is 22.1 Å². The lowest BCUT2D eigenvalue weighted by Gasteiger charge is -2.07. The predicted octanol–water partition coefficient (Wildman–Crippen LogP) is 4.45. The lowest BCUT2D eigenvalue weighted by atomic mass is 10.0. The number of nitrogens with two attached hydrogens (primary N) is 1. The summed E-state index contributed by atoms with van der Waals surface area (Å²) in [5.41, 5.74) is 8.71. The Morgan fingerprint density at radius 2 is 1.86 bits per heavy atom. The van der Waals surface area contributed by atoms with Gasteiger partial charge < -0.3 is 15.3 Å². The van der Waals surface area contributed by atoms with E-state index in [4.69, 9.17) is 26.9 Å². The van der Waals surface area contributed by atoms with Gasteiger partial charge in [0.25, 0.3) is 0 Å². The molecule has 3 rings (SSSR count). The van der Waals surface area contributed by atoms with E-state index in [1.54, 1.807) is 12.1 Å². The first kappa shape index (κ1) is 14.3. The van der Waals surface area contributed by atoms with Gasteiger partial charge >= 0.3 is 6.09 Å². The Bertz CT molecular complexity index is 856. The van der Waals surface area contributed by atoms with Gasteiger partial charge in [-0.15, -0.1) is 0 Å². The normalized spacial score (nSPS) is 10.8. The maximum absolute atomic E-state index is 11.0. The van der Waals surface area contributed by atoms with E-state index in [1.807, 2.05) is 30.3 Å². The number of nitrogen functional groups attached to an aromatic ring is 1. The number of nitrogens with zero attached hydrogens (tertiary/aromatic N) is 1. The molecule has 3 aromatic rings. The molecule has 1 aromatic heterocycles. The van der Waals surface area contributed by atoms with Crippen molar-refractivity contribution < 1.29 is 14.3 Å². The summed E-state index contributed by atoms with van der Waals surface area (Å²) in [6.07, 6.45) is -1.10. The summed E-state index contributed by atoms with van der Waals surface area (Å²) >= 11 is 6.26. The van der Waals surface area contributed by atoms with Crippen molar-refractivity contribution in [1.29, 1.82) is 0 Å². The monoisotopic (exact) mass is 316 g/mol. The van der Waals surface area contributed by atoms with Gasteiger partial charge in [0.15, 0.2) is 5.58 Å². The molecule has 0 aliphatic heterocycles. The van der Waals surface area contributed by atoms with Crippen LogP contribution in [0, 0.1) is 0 Å². The first-order valence-electron chi connectivity index (χ1n) is 6.51. The number of carboxylic acid groups (broad SMARTS) is 1. The molecular weight excluding hydrogens is 304 g/mol. The van der Waals surface area contributed by atoms with E-state index in [-0.39, 0.29) is 5.88 Å². The van der Waals surface area contributed by atoms with Crippen LogP contribution in [-0.2, 0) is 0 Å². The van der Waals surface area contributed by atoms with Crippen LogP contribution in [0.3, 0.4) is 0 Å². The minimum absolute atomic E-state index is 0.221. The molecule has 0 spiro atoms. The second kappa shape index (κ2) is 5.27. The van der Waals surface area contributed by atoms with Crippen LogP contribution in [0.15, 0.2) is 46.9 Å². The van der Waals surface area contributed by atoms with E-state index < -0.39 is 6.09 Å². The number of rotatable bonds is 2. The number of amides is 1. The third-order valence-electron chi connectivity index (χ3n) is 3.42. The van der Waals surface area contributed by atoms with Crippen LogP contribution < -0.4 is 10.6 Å². The van der Waals surface area contributed by atoms with Crippen molar-refractivity contribution in [2.75, 3.05) is 17.7 Å². The smallest absolute Gasteiger partial charge is 0.413 e. The maximum atomic E-state index is 11.0. The molecule has 5 nitrogen and oxygen atoms in total. The summed E-state index contributed by atoms with van der Waals surface area (Å²) in [5.74, 6) is 0.221. The molecule has 6 heteroatoms. The average Bonchev–Trinajstić information content (AvgIpc) is 2.91. The van der Waals surface area contributed by atoms with Gasteiger partial charge in [0.2, 0.25) is 5.88 Å². The quantitative estimate of drug-likeness (QED) is 0.684. The summed E-state index contributed by atoms with van der Waals surface area (Å²) in [4.78, 5) is 12.0. The number of carbonyl (C=O) groups is 1. The van der Waals surface area contributed by atoms with E-state index >= 15 is 0 Å². The molecule has 1 amide bonds. The largest absolute Gasteiger partial charge is 0.465 e. The van der Waals surface area contributed by atoms with E-state index in [0.29, 0.717) is 16.3 Å². The van der Waals surface area contributed by atoms with Gasteiger partial charge in [-0.1, -0.05) is 23.7 Å². The van der Waals surface area contributed by atoms with E-state index in [9.17, 15) is 4.79 Å². The highest BCUT2D eigenvalue weighted by atomic mass is 35.5. The van der Waals surface area contributed by atoms with Crippen LogP contribution in [0.4, 0.5) is 16.4 Å². The standard InChI is InChI=1S/C16H13ClN2O3/c1-19(16(20)21)14-8-11-6-10(7-13(17)15(11)22-14)9-2-4-12(18)5-3-9/h2-8H,18H2,1H3,(H,20,21). The first-order valence-corrected chi connectivity index (χ1v) is 6.89. The van der Waals surface area contributed by atoms with Crippen LogP contribution in [-0.4, -0.2) is 18.2 Å². The number of benzene rings is 2. The molecule has 0 unspecified atom stereocenters. The molecule has 0 bridgehead atoms. The number of hydrogen-bond donors (Lipinski definition) is 2. The lowest BCUT2D eigenvalue weighted by Crippen LogP contribution is -2.22. The van der Waals surface area contributed by atoms with Gasteiger partial charge in [0, 0.05) is 24.2 Å². The summed E-state index contributed by atoms with van der Waals surface area (Å²) in [7, 11) is 1.41. The lowest BCUT2D eigenvalue weighted by molar-refractivity contribution is 0.202. The molecule has 1 heterocycles. The Morgan fingerprint density at radius 3 is 2.50 bits per heavy atom. The SMILES string of the molecule is CN(C(=O)O)c1cc2cc(-c3ccc(N)cc3)cc(Cl)c2o1. The molecule has 2 aromatic carbocycles. The Balaban J connectivity index is 2.11. The van der Waals surface area contributed by atoms with E-state index in [0.717, 1.165) is 21.4 Å². The molecule has 112 valence electrons. The molecular formula is C16H13ClN2O3. The second-order valence-corrected chi connectivity index (χ2v) is 5.33. The highest BCUT2D eigenvalue weighted by Crippen LogP contribution is 2.35. The average molecular weight is 317 g/mol. The molecule has 0 saturated heterocycles. The topological polar surface area (TPSA) is 79.7 Å². The summed E-state index contributed by atoms with van der Waals surface area (Å²) in [6, 6.07) is 12.8. The van der Waals surface area contributed by atoms with Gasteiger partial charge in [0.05, 0.1) is 5.02 Å². The number of halogens is 1. The molecule has 0 aliphatic rings. The van der Waals surface area contributed by atoms with Gasteiger partial charge in [-0.25, -0.2) is 4.79 Å². The predicted molar refractivity (Wildman–Crippen MR) is 87.5 cm³/mol. The Morgan fingerprint density at radius 1 is 1.18 bits per heavy atom. The third kappa shape index (κ3) is 2.46. The molecule has 0 fully saturated rings. The fraction of sp³-hybridized carbons (Fsp3) is 0.0625. The maximum Gasteiger partial charge on any atom is 0.413 e. The van der Waals surface area contributed by atoms with Crippen molar-refractivity contribution in [3.63, 3.8) is 0 Å². The Labute approximate surface area is 131 Å².